The number of halogens is 1. The average molecular weight is 309 g/mol. The minimum atomic E-state index is -0.877. The van der Waals surface area contributed by atoms with Gasteiger partial charge in [-0.2, -0.15) is 0 Å². The maximum Gasteiger partial charge on any atom is 0.410 e. The number of carbonyl (C=O) groups is 2. The molecule has 2 rings (SSSR count). The summed E-state index contributed by atoms with van der Waals surface area (Å²) in [7, 11) is 0. The van der Waals surface area contributed by atoms with Gasteiger partial charge in [0.15, 0.2) is 5.78 Å². The Morgan fingerprint density at radius 1 is 1.32 bits per heavy atom. The maximum absolute atomic E-state index is 13.7. The molecule has 22 heavy (non-hydrogen) atoms. The van der Waals surface area contributed by atoms with Crippen LogP contribution in [0.15, 0.2) is 24.3 Å². The molecule has 0 bridgehead atoms. The van der Waals surface area contributed by atoms with Crippen LogP contribution in [0, 0.1) is 5.82 Å². The van der Waals surface area contributed by atoms with Crippen LogP contribution in [0.3, 0.4) is 0 Å². The van der Waals surface area contributed by atoms with Crippen molar-refractivity contribution < 1.29 is 23.5 Å². The van der Waals surface area contributed by atoms with Crippen molar-refractivity contribution in [2.45, 2.75) is 32.5 Å². The lowest BCUT2D eigenvalue weighted by molar-refractivity contribution is -0.0322. The fourth-order valence-corrected chi connectivity index (χ4v) is 2.13. The summed E-state index contributed by atoms with van der Waals surface area (Å²) in [6.07, 6.45) is -1.37. The fourth-order valence-electron chi connectivity index (χ4n) is 2.13. The number of hydrogen-bond acceptors (Lipinski definition) is 4. The largest absolute Gasteiger partial charge is 0.444 e. The maximum atomic E-state index is 13.7. The van der Waals surface area contributed by atoms with E-state index in [9.17, 15) is 14.0 Å². The molecule has 1 saturated heterocycles. The molecule has 1 aromatic rings. The first-order chi connectivity index (χ1) is 10.3. The molecule has 1 aromatic carbocycles. The third kappa shape index (κ3) is 4.04. The lowest BCUT2D eigenvalue weighted by atomic mass is 10.0. The van der Waals surface area contributed by atoms with Gasteiger partial charge in [-0.1, -0.05) is 12.1 Å². The van der Waals surface area contributed by atoms with E-state index in [1.54, 1.807) is 26.8 Å². The molecule has 0 aliphatic carbocycles. The Morgan fingerprint density at radius 2 is 2.00 bits per heavy atom. The highest BCUT2D eigenvalue weighted by molar-refractivity contribution is 6.00. The Bertz CT molecular complexity index is 568. The number of rotatable bonds is 2. The van der Waals surface area contributed by atoms with Crippen LogP contribution in [0.5, 0.6) is 0 Å². The van der Waals surface area contributed by atoms with Gasteiger partial charge in [-0.3, -0.25) is 4.79 Å². The van der Waals surface area contributed by atoms with Crippen LogP contribution in [-0.2, 0) is 9.47 Å². The average Bonchev–Trinajstić information content (AvgIpc) is 2.45. The van der Waals surface area contributed by atoms with Gasteiger partial charge in [-0.05, 0) is 32.9 Å². The van der Waals surface area contributed by atoms with Crippen molar-refractivity contribution in [2.75, 3.05) is 19.7 Å². The molecule has 0 spiro atoms. The van der Waals surface area contributed by atoms with Crippen molar-refractivity contribution in [3.05, 3.63) is 35.6 Å². The number of carbonyl (C=O) groups excluding carboxylic acids is 2. The fraction of sp³-hybridized carbons (Fsp3) is 0.500. The van der Waals surface area contributed by atoms with E-state index in [2.05, 4.69) is 0 Å². The van der Waals surface area contributed by atoms with E-state index in [1.807, 2.05) is 0 Å². The molecule has 1 amide bonds. The first-order valence-electron chi connectivity index (χ1n) is 7.16. The Kier molecular flexibility index (Phi) is 4.81. The number of Topliss-reactive ketones (excluding diaryl/α,β-unsaturated/α-hetero) is 1. The number of ketones is 1. The van der Waals surface area contributed by atoms with E-state index in [0.717, 1.165) is 0 Å². The molecule has 0 saturated carbocycles. The highest BCUT2D eigenvalue weighted by Crippen LogP contribution is 2.17. The van der Waals surface area contributed by atoms with Gasteiger partial charge in [0.2, 0.25) is 0 Å². The minimum absolute atomic E-state index is 0.0291. The van der Waals surface area contributed by atoms with Gasteiger partial charge in [0, 0.05) is 6.54 Å². The van der Waals surface area contributed by atoms with Crippen molar-refractivity contribution in [3.63, 3.8) is 0 Å². The minimum Gasteiger partial charge on any atom is -0.444 e. The lowest BCUT2D eigenvalue weighted by Gasteiger charge is -2.33. The van der Waals surface area contributed by atoms with E-state index in [-0.39, 0.29) is 18.7 Å². The Hall–Kier alpha value is -1.95. The molecule has 1 fully saturated rings. The van der Waals surface area contributed by atoms with Crippen LogP contribution < -0.4 is 0 Å². The van der Waals surface area contributed by atoms with Crippen molar-refractivity contribution in [1.29, 1.82) is 0 Å². The van der Waals surface area contributed by atoms with Crippen LogP contribution >= 0.6 is 0 Å². The molecule has 0 N–H and O–H groups in total. The zero-order valence-corrected chi connectivity index (χ0v) is 13.0. The van der Waals surface area contributed by atoms with Crippen molar-refractivity contribution in [1.82, 2.24) is 4.90 Å². The van der Waals surface area contributed by atoms with Gasteiger partial charge < -0.3 is 14.4 Å². The molecular weight excluding hydrogens is 289 g/mol. The van der Waals surface area contributed by atoms with E-state index in [1.165, 1.54) is 23.1 Å². The molecule has 1 atom stereocenters. The summed E-state index contributed by atoms with van der Waals surface area (Å²) in [5.74, 6) is -1.06. The molecule has 120 valence electrons. The van der Waals surface area contributed by atoms with Crippen LogP contribution in [0.4, 0.5) is 9.18 Å². The predicted octanol–water partition coefficient (Wildman–Crippen LogP) is 2.64. The molecule has 1 unspecified atom stereocenters. The van der Waals surface area contributed by atoms with Crippen LogP contribution in [-0.4, -0.2) is 48.2 Å². The van der Waals surface area contributed by atoms with Crippen molar-refractivity contribution in [2.24, 2.45) is 0 Å². The van der Waals surface area contributed by atoms with E-state index < -0.39 is 29.4 Å². The van der Waals surface area contributed by atoms with Gasteiger partial charge in [-0.15, -0.1) is 0 Å². The number of nitrogens with zero attached hydrogens (tertiary/aromatic N) is 1. The number of hydrogen-bond donors (Lipinski definition) is 0. The molecule has 1 aliphatic heterocycles. The molecule has 1 heterocycles. The van der Waals surface area contributed by atoms with Crippen molar-refractivity contribution >= 4 is 11.9 Å². The lowest BCUT2D eigenvalue weighted by Crippen LogP contribution is -2.50. The second-order valence-electron chi connectivity index (χ2n) is 6.13. The van der Waals surface area contributed by atoms with Gasteiger partial charge in [0.05, 0.1) is 18.7 Å². The topological polar surface area (TPSA) is 55.8 Å². The quantitative estimate of drug-likeness (QED) is 0.788. The van der Waals surface area contributed by atoms with Gasteiger partial charge in [0.1, 0.15) is 17.5 Å². The van der Waals surface area contributed by atoms with E-state index >= 15 is 0 Å². The number of amides is 1. The Morgan fingerprint density at radius 3 is 2.64 bits per heavy atom. The molecule has 6 heteroatoms. The smallest absolute Gasteiger partial charge is 0.410 e. The first-order valence-corrected chi connectivity index (χ1v) is 7.16. The number of benzene rings is 1. The Balaban J connectivity index is 2.06. The third-order valence-corrected chi connectivity index (χ3v) is 3.15. The van der Waals surface area contributed by atoms with Gasteiger partial charge >= 0.3 is 6.09 Å². The van der Waals surface area contributed by atoms with Crippen LogP contribution in [0.2, 0.25) is 0 Å². The summed E-state index contributed by atoms with van der Waals surface area (Å²) in [6, 6.07) is 5.74. The monoisotopic (exact) mass is 309 g/mol. The normalized spacial score (nSPS) is 18.9. The highest BCUT2D eigenvalue weighted by Gasteiger charge is 2.33. The SMILES string of the molecule is CC(C)(C)OC(=O)N1CCOC(C(=O)c2ccccc2F)C1. The zero-order valence-electron chi connectivity index (χ0n) is 13.0. The van der Waals surface area contributed by atoms with Crippen LogP contribution in [0.1, 0.15) is 31.1 Å². The van der Waals surface area contributed by atoms with Gasteiger partial charge in [-0.25, -0.2) is 9.18 Å². The molecule has 0 aromatic heterocycles. The first kappa shape index (κ1) is 16.4. The van der Waals surface area contributed by atoms with Crippen molar-refractivity contribution in [3.8, 4) is 0 Å². The molecular formula is C16H20FNO4. The second-order valence-corrected chi connectivity index (χ2v) is 6.13. The third-order valence-electron chi connectivity index (χ3n) is 3.15. The molecule has 0 radical (unpaired) electrons. The summed E-state index contributed by atoms with van der Waals surface area (Å²) >= 11 is 0. The number of ether oxygens (including phenoxy) is 2. The summed E-state index contributed by atoms with van der Waals surface area (Å²) in [6.45, 7) is 5.93. The summed E-state index contributed by atoms with van der Waals surface area (Å²) in [5.41, 5.74) is -0.640. The molecule has 1 aliphatic rings. The summed E-state index contributed by atoms with van der Waals surface area (Å²) in [5, 5.41) is 0. The summed E-state index contributed by atoms with van der Waals surface area (Å²) < 4.78 is 24.4. The highest BCUT2D eigenvalue weighted by atomic mass is 19.1. The van der Waals surface area contributed by atoms with Crippen LogP contribution in [0.25, 0.3) is 0 Å². The predicted molar refractivity (Wildman–Crippen MR) is 78.3 cm³/mol. The molecule has 5 nitrogen and oxygen atoms in total. The summed E-state index contributed by atoms with van der Waals surface area (Å²) in [4.78, 5) is 25.8. The zero-order chi connectivity index (χ0) is 16.3. The van der Waals surface area contributed by atoms with E-state index in [4.69, 9.17) is 9.47 Å². The Labute approximate surface area is 129 Å². The second kappa shape index (κ2) is 6.44. The van der Waals surface area contributed by atoms with E-state index in [0.29, 0.717) is 6.54 Å². The van der Waals surface area contributed by atoms with Gasteiger partial charge in [0.25, 0.3) is 0 Å². The standard InChI is InChI=1S/C16H20FNO4/c1-16(2,3)22-15(20)18-8-9-21-13(10-18)14(19)11-6-4-5-7-12(11)17/h4-7,13H,8-10H2,1-3H3. The number of morpholine rings is 1.